The third-order valence-electron chi connectivity index (χ3n) is 3.25. The van der Waals surface area contributed by atoms with Crippen LogP contribution in [0.25, 0.3) is 0 Å². The van der Waals surface area contributed by atoms with E-state index in [1.165, 1.54) is 13.8 Å². The lowest BCUT2D eigenvalue weighted by Crippen LogP contribution is -2.37. The van der Waals surface area contributed by atoms with Crippen LogP contribution in [0.3, 0.4) is 0 Å². The summed E-state index contributed by atoms with van der Waals surface area (Å²) in [6.07, 6.45) is 3.38. The molecule has 126 valence electrons. The highest BCUT2D eigenvalue weighted by atomic mass is 16.6. The number of esters is 3. The third kappa shape index (κ3) is 4.81. The zero-order valence-corrected chi connectivity index (χ0v) is 13.4. The van der Waals surface area contributed by atoms with E-state index in [9.17, 15) is 14.4 Å². The largest absolute Gasteiger partial charge is 0.457 e. The summed E-state index contributed by atoms with van der Waals surface area (Å²) in [7, 11) is 0. The van der Waals surface area contributed by atoms with Gasteiger partial charge in [-0.1, -0.05) is 30.4 Å². The fourth-order valence-corrected chi connectivity index (χ4v) is 2.25. The van der Waals surface area contributed by atoms with Crippen LogP contribution in [0.4, 0.5) is 0 Å². The van der Waals surface area contributed by atoms with Crippen molar-refractivity contribution in [3.8, 4) is 0 Å². The van der Waals surface area contributed by atoms with E-state index in [2.05, 4.69) is 0 Å². The van der Waals surface area contributed by atoms with Gasteiger partial charge in [-0.05, 0) is 18.2 Å². The highest BCUT2D eigenvalue weighted by Gasteiger charge is 2.31. The highest BCUT2D eigenvalue weighted by molar-refractivity contribution is 5.89. The normalized spacial score (nSPS) is 19.2. The number of hydrogen-bond donors (Lipinski definition) is 0. The summed E-state index contributed by atoms with van der Waals surface area (Å²) in [5.74, 6) is -1.51. The Morgan fingerprint density at radius 3 is 2.29 bits per heavy atom. The van der Waals surface area contributed by atoms with Crippen LogP contribution >= 0.6 is 0 Å². The minimum atomic E-state index is -0.819. The van der Waals surface area contributed by atoms with Crippen LogP contribution in [0.1, 0.15) is 24.2 Å². The van der Waals surface area contributed by atoms with Crippen molar-refractivity contribution in [3.63, 3.8) is 0 Å². The summed E-state index contributed by atoms with van der Waals surface area (Å²) < 4.78 is 15.6. The van der Waals surface area contributed by atoms with Gasteiger partial charge in [-0.15, -0.1) is 0 Å². The second-order valence-corrected chi connectivity index (χ2v) is 5.17. The first-order valence-corrected chi connectivity index (χ1v) is 7.41. The lowest BCUT2D eigenvalue weighted by Gasteiger charge is -2.28. The molecule has 2 atom stereocenters. The molecule has 0 aromatic heterocycles. The molecule has 1 aromatic rings. The number of rotatable bonds is 5. The molecule has 6 nitrogen and oxygen atoms in total. The summed E-state index contributed by atoms with van der Waals surface area (Å²) in [6, 6.07) is 8.55. The smallest absolute Gasteiger partial charge is 0.338 e. The van der Waals surface area contributed by atoms with Gasteiger partial charge < -0.3 is 14.2 Å². The standard InChI is InChI=1S/C18H18O6/c1-12(19)23-16-10-6-9-15(17(16)24-13(2)20)11-22-18(21)14-7-4-3-5-8-14/h3-10,16-17H,11H2,1-2H3/t16-,17+/m1/s1. The van der Waals surface area contributed by atoms with Gasteiger partial charge in [-0.2, -0.15) is 0 Å². The van der Waals surface area contributed by atoms with Crippen molar-refractivity contribution in [1.82, 2.24) is 0 Å². The van der Waals surface area contributed by atoms with Crippen molar-refractivity contribution in [2.75, 3.05) is 6.61 Å². The molecule has 1 aliphatic carbocycles. The van der Waals surface area contributed by atoms with E-state index < -0.39 is 30.1 Å². The maximum atomic E-state index is 12.0. The van der Waals surface area contributed by atoms with Crippen LogP contribution in [0, 0.1) is 0 Å². The molecule has 0 bridgehead atoms. The predicted octanol–water partition coefficient (Wildman–Crippen LogP) is 2.20. The SMILES string of the molecule is CC(=O)O[C@@H]1C=CC=C(COC(=O)c2ccccc2)[C@@H]1OC(C)=O. The van der Waals surface area contributed by atoms with E-state index in [1.807, 2.05) is 0 Å². The molecule has 0 saturated carbocycles. The Balaban J connectivity index is 2.07. The van der Waals surface area contributed by atoms with Crippen LogP contribution in [0.2, 0.25) is 0 Å². The number of hydrogen-bond acceptors (Lipinski definition) is 6. The zero-order chi connectivity index (χ0) is 17.5. The summed E-state index contributed by atoms with van der Waals surface area (Å²) in [5, 5.41) is 0. The van der Waals surface area contributed by atoms with Gasteiger partial charge in [0.05, 0.1) is 5.56 Å². The molecule has 0 unspecified atom stereocenters. The molecule has 2 rings (SSSR count). The van der Waals surface area contributed by atoms with Crippen molar-refractivity contribution >= 4 is 17.9 Å². The summed E-state index contributed by atoms with van der Waals surface area (Å²) in [6.45, 7) is 2.45. The van der Waals surface area contributed by atoms with Crippen molar-refractivity contribution in [2.45, 2.75) is 26.1 Å². The molecule has 0 amide bonds. The van der Waals surface area contributed by atoms with E-state index >= 15 is 0 Å². The Morgan fingerprint density at radius 2 is 1.67 bits per heavy atom. The van der Waals surface area contributed by atoms with Gasteiger partial charge in [0, 0.05) is 19.4 Å². The summed E-state index contributed by atoms with van der Waals surface area (Å²) >= 11 is 0. The van der Waals surface area contributed by atoms with Crippen molar-refractivity contribution in [2.24, 2.45) is 0 Å². The Labute approximate surface area is 139 Å². The molecule has 1 aromatic carbocycles. The van der Waals surface area contributed by atoms with Crippen molar-refractivity contribution in [3.05, 3.63) is 59.7 Å². The van der Waals surface area contributed by atoms with Crippen molar-refractivity contribution < 1.29 is 28.6 Å². The van der Waals surface area contributed by atoms with Crippen LogP contribution in [-0.4, -0.2) is 36.7 Å². The lowest BCUT2D eigenvalue weighted by atomic mass is 9.99. The quantitative estimate of drug-likeness (QED) is 0.608. The fraction of sp³-hybridized carbons (Fsp3) is 0.278. The highest BCUT2D eigenvalue weighted by Crippen LogP contribution is 2.21. The first kappa shape index (κ1) is 17.5. The zero-order valence-electron chi connectivity index (χ0n) is 13.4. The average Bonchev–Trinajstić information content (AvgIpc) is 2.55. The van der Waals surface area contributed by atoms with Crippen LogP contribution < -0.4 is 0 Å². The minimum absolute atomic E-state index is 0.0756. The Hall–Kier alpha value is -2.89. The van der Waals surface area contributed by atoms with E-state index in [-0.39, 0.29) is 6.61 Å². The number of allylic oxidation sites excluding steroid dienone is 2. The molecular weight excluding hydrogens is 312 g/mol. The van der Waals surface area contributed by atoms with Gasteiger partial charge in [0.1, 0.15) is 6.61 Å². The van der Waals surface area contributed by atoms with E-state index in [0.717, 1.165) is 0 Å². The molecule has 0 aliphatic heterocycles. The topological polar surface area (TPSA) is 78.9 Å². The van der Waals surface area contributed by atoms with Gasteiger partial charge in [0.2, 0.25) is 0 Å². The van der Waals surface area contributed by atoms with Crippen molar-refractivity contribution in [1.29, 1.82) is 0 Å². The first-order valence-electron chi connectivity index (χ1n) is 7.41. The third-order valence-corrected chi connectivity index (χ3v) is 3.25. The van der Waals surface area contributed by atoms with Gasteiger partial charge in [0.25, 0.3) is 0 Å². The monoisotopic (exact) mass is 330 g/mol. The van der Waals surface area contributed by atoms with Gasteiger partial charge >= 0.3 is 17.9 Å². The molecule has 0 saturated heterocycles. The Kier molecular flexibility index (Phi) is 5.89. The Bertz CT molecular complexity index is 674. The molecule has 24 heavy (non-hydrogen) atoms. The van der Waals surface area contributed by atoms with Gasteiger partial charge in [-0.3, -0.25) is 9.59 Å². The second kappa shape index (κ2) is 8.10. The molecule has 0 radical (unpaired) electrons. The van der Waals surface area contributed by atoms with Crippen LogP contribution in [0.15, 0.2) is 54.1 Å². The maximum Gasteiger partial charge on any atom is 0.338 e. The van der Waals surface area contributed by atoms with Gasteiger partial charge in [-0.25, -0.2) is 4.79 Å². The van der Waals surface area contributed by atoms with E-state index in [0.29, 0.717) is 11.1 Å². The van der Waals surface area contributed by atoms with Crippen LogP contribution in [0.5, 0.6) is 0 Å². The summed E-state index contributed by atoms with van der Waals surface area (Å²) in [4.78, 5) is 34.5. The van der Waals surface area contributed by atoms with Gasteiger partial charge in [0.15, 0.2) is 12.2 Å². The molecule has 0 fully saturated rings. The summed E-state index contributed by atoms with van der Waals surface area (Å²) in [5.41, 5.74) is 0.952. The second-order valence-electron chi connectivity index (χ2n) is 5.17. The van der Waals surface area contributed by atoms with E-state index in [4.69, 9.17) is 14.2 Å². The lowest BCUT2D eigenvalue weighted by molar-refractivity contribution is -0.159. The number of ether oxygens (including phenoxy) is 3. The van der Waals surface area contributed by atoms with E-state index in [1.54, 1.807) is 48.6 Å². The minimum Gasteiger partial charge on any atom is -0.457 e. The molecule has 0 spiro atoms. The molecule has 0 N–H and O–H groups in total. The average molecular weight is 330 g/mol. The first-order chi connectivity index (χ1) is 11.5. The predicted molar refractivity (Wildman–Crippen MR) is 85.1 cm³/mol. The molecule has 1 aliphatic rings. The molecule has 0 heterocycles. The molecule has 6 heteroatoms. The Morgan fingerprint density at radius 1 is 1.00 bits per heavy atom. The number of carbonyl (C=O) groups is 3. The molecular formula is C18H18O6. The number of benzene rings is 1. The number of carbonyl (C=O) groups excluding carboxylic acids is 3. The fourth-order valence-electron chi connectivity index (χ4n) is 2.25. The maximum absolute atomic E-state index is 12.0. The van der Waals surface area contributed by atoms with Crippen LogP contribution in [-0.2, 0) is 23.8 Å².